The average molecular weight is 192 g/mol. The van der Waals surface area contributed by atoms with Gasteiger partial charge in [-0.05, 0) is 18.9 Å². The Morgan fingerprint density at radius 3 is 2.86 bits per heavy atom. The van der Waals surface area contributed by atoms with Crippen LogP contribution in [0.2, 0.25) is 0 Å². The number of oxime groups is 1. The lowest BCUT2D eigenvalue weighted by molar-refractivity contribution is 0.322. The maximum Gasteiger partial charge on any atom is 0.0749 e. The Hall–Kier alpha value is -1.25. The second-order valence-corrected chi connectivity index (χ2v) is 3.93. The summed E-state index contributed by atoms with van der Waals surface area (Å²) in [4.78, 5) is 0. The summed E-state index contributed by atoms with van der Waals surface area (Å²) >= 11 is 0. The summed E-state index contributed by atoms with van der Waals surface area (Å²) < 4.78 is 2.25. The third-order valence-electron chi connectivity index (χ3n) is 2.94. The van der Waals surface area contributed by atoms with E-state index in [1.54, 1.807) is 0 Å². The third kappa shape index (κ3) is 1.97. The first-order chi connectivity index (χ1) is 6.90. The van der Waals surface area contributed by atoms with E-state index in [0.29, 0.717) is 6.04 Å². The van der Waals surface area contributed by atoms with Gasteiger partial charge in [-0.2, -0.15) is 0 Å². The minimum Gasteiger partial charge on any atom is -0.411 e. The molecule has 0 aromatic carbocycles. The highest BCUT2D eigenvalue weighted by atomic mass is 16.4. The van der Waals surface area contributed by atoms with Crippen LogP contribution in [0.1, 0.15) is 43.7 Å². The van der Waals surface area contributed by atoms with Crippen LogP contribution in [-0.4, -0.2) is 16.0 Å². The summed E-state index contributed by atoms with van der Waals surface area (Å²) in [6.07, 6.45) is 12.2. The van der Waals surface area contributed by atoms with Crippen molar-refractivity contribution in [2.75, 3.05) is 0 Å². The van der Waals surface area contributed by atoms with Crippen LogP contribution in [0.4, 0.5) is 0 Å². The highest BCUT2D eigenvalue weighted by molar-refractivity contribution is 5.78. The second kappa shape index (κ2) is 4.31. The van der Waals surface area contributed by atoms with Gasteiger partial charge in [-0.15, -0.1) is 0 Å². The number of hydrogen-bond donors (Lipinski definition) is 1. The van der Waals surface area contributed by atoms with Gasteiger partial charge in [0.1, 0.15) is 0 Å². The zero-order valence-electron chi connectivity index (χ0n) is 8.26. The molecule has 1 aromatic heterocycles. The first-order valence-corrected chi connectivity index (χ1v) is 5.25. The van der Waals surface area contributed by atoms with E-state index in [1.807, 2.05) is 6.07 Å². The molecular weight excluding hydrogens is 176 g/mol. The lowest BCUT2D eigenvalue weighted by Crippen LogP contribution is -2.10. The minimum atomic E-state index is 0.657. The first-order valence-electron chi connectivity index (χ1n) is 5.25. The van der Waals surface area contributed by atoms with Gasteiger partial charge in [0, 0.05) is 24.0 Å². The number of aromatic nitrogens is 1. The zero-order valence-corrected chi connectivity index (χ0v) is 8.26. The van der Waals surface area contributed by atoms with Crippen LogP contribution < -0.4 is 0 Å². The largest absolute Gasteiger partial charge is 0.411 e. The van der Waals surface area contributed by atoms with Gasteiger partial charge in [0.15, 0.2) is 0 Å². The fourth-order valence-corrected chi connectivity index (χ4v) is 2.18. The van der Waals surface area contributed by atoms with Crippen molar-refractivity contribution in [3.63, 3.8) is 0 Å². The van der Waals surface area contributed by atoms with Crippen molar-refractivity contribution in [3.8, 4) is 0 Å². The van der Waals surface area contributed by atoms with Gasteiger partial charge in [-0.25, -0.2) is 0 Å². The minimum absolute atomic E-state index is 0.657. The normalized spacial score (nSPS) is 19.1. The molecule has 0 aliphatic heterocycles. The van der Waals surface area contributed by atoms with E-state index >= 15 is 0 Å². The molecule has 0 atom stereocenters. The molecule has 14 heavy (non-hydrogen) atoms. The number of hydrogen-bond acceptors (Lipinski definition) is 2. The lowest BCUT2D eigenvalue weighted by atomic mass is 9.95. The molecule has 1 fully saturated rings. The van der Waals surface area contributed by atoms with Crippen molar-refractivity contribution in [1.82, 2.24) is 4.57 Å². The van der Waals surface area contributed by atoms with Crippen molar-refractivity contribution in [1.29, 1.82) is 0 Å². The average Bonchev–Trinajstić information content (AvgIpc) is 2.68. The van der Waals surface area contributed by atoms with Gasteiger partial charge >= 0.3 is 0 Å². The van der Waals surface area contributed by atoms with Crippen molar-refractivity contribution < 1.29 is 5.21 Å². The molecule has 3 heteroatoms. The number of nitrogens with zero attached hydrogens (tertiary/aromatic N) is 2. The molecule has 1 aromatic rings. The van der Waals surface area contributed by atoms with E-state index in [4.69, 9.17) is 5.21 Å². The molecule has 0 radical (unpaired) electrons. The van der Waals surface area contributed by atoms with Crippen LogP contribution in [0.5, 0.6) is 0 Å². The third-order valence-corrected chi connectivity index (χ3v) is 2.94. The highest BCUT2D eigenvalue weighted by Crippen LogP contribution is 2.28. The fourth-order valence-electron chi connectivity index (χ4n) is 2.18. The van der Waals surface area contributed by atoms with Gasteiger partial charge in [0.25, 0.3) is 0 Å². The van der Waals surface area contributed by atoms with Crippen molar-refractivity contribution in [2.24, 2.45) is 5.16 Å². The summed E-state index contributed by atoms with van der Waals surface area (Å²) in [6.45, 7) is 0. The highest BCUT2D eigenvalue weighted by Gasteiger charge is 2.14. The molecule has 0 saturated heterocycles. The summed E-state index contributed by atoms with van der Waals surface area (Å²) in [5.74, 6) is 0. The molecule has 76 valence electrons. The second-order valence-electron chi connectivity index (χ2n) is 3.93. The van der Waals surface area contributed by atoms with Crippen LogP contribution in [0.15, 0.2) is 23.6 Å². The van der Waals surface area contributed by atoms with Gasteiger partial charge in [0.2, 0.25) is 0 Å². The van der Waals surface area contributed by atoms with Crippen LogP contribution in [-0.2, 0) is 0 Å². The van der Waals surface area contributed by atoms with Crippen molar-refractivity contribution in [2.45, 2.75) is 38.1 Å². The Morgan fingerprint density at radius 2 is 2.14 bits per heavy atom. The predicted octanol–water partition coefficient (Wildman–Crippen LogP) is 2.80. The van der Waals surface area contributed by atoms with E-state index in [-0.39, 0.29) is 0 Å². The zero-order chi connectivity index (χ0) is 9.80. The topological polar surface area (TPSA) is 37.5 Å². The van der Waals surface area contributed by atoms with Gasteiger partial charge in [0.05, 0.1) is 6.21 Å². The molecule has 1 saturated carbocycles. The van der Waals surface area contributed by atoms with Crippen LogP contribution in [0.3, 0.4) is 0 Å². The maximum absolute atomic E-state index is 8.40. The Kier molecular flexibility index (Phi) is 2.87. The SMILES string of the molecule is ON=Cc1ccn(C2CCCCC2)c1. The molecule has 0 unspecified atom stereocenters. The molecule has 0 amide bonds. The molecule has 0 spiro atoms. The van der Waals surface area contributed by atoms with E-state index < -0.39 is 0 Å². The van der Waals surface area contributed by atoms with E-state index in [1.165, 1.54) is 38.3 Å². The van der Waals surface area contributed by atoms with E-state index in [0.717, 1.165) is 5.56 Å². The maximum atomic E-state index is 8.40. The van der Waals surface area contributed by atoms with Crippen LogP contribution in [0.25, 0.3) is 0 Å². The van der Waals surface area contributed by atoms with Crippen LogP contribution >= 0.6 is 0 Å². The summed E-state index contributed by atoms with van der Waals surface area (Å²) in [7, 11) is 0. The smallest absolute Gasteiger partial charge is 0.0749 e. The quantitative estimate of drug-likeness (QED) is 0.436. The predicted molar refractivity (Wildman–Crippen MR) is 55.9 cm³/mol. The van der Waals surface area contributed by atoms with E-state index in [2.05, 4.69) is 22.1 Å². The van der Waals surface area contributed by atoms with Crippen LogP contribution in [0, 0.1) is 0 Å². The van der Waals surface area contributed by atoms with Crippen molar-refractivity contribution in [3.05, 3.63) is 24.0 Å². The molecular formula is C11H16N2O. The van der Waals surface area contributed by atoms with Gasteiger partial charge in [-0.1, -0.05) is 24.4 Å². The first kappa shape index (κ1) is 9.31. The monoisotopic (exact) mass is 192 g/mol. The van der Waals surface area contributed by atoms with Crippen molar-refractivity contribution >= 4 is 6.21 Å². The number of rotatable bonds is 2. The Balaban J connectivity index is 2.07. The Morgan fingerprint density at radius 1 is 1.36 bits per heavy atom. The Bertz CT molecular complexity index is 311. The molecule has 3 nitrogen and oxygen atoms in total. The van der Waals surface area contributed by atoms with Gasteiger partial charge < -0.3 is 9.77 Å². The summed E-state index contributed by atoms with van der Waals surface area (Å²) in [5.41, 5.74) is 0.970. The molecule has 2 rings (SSSR count). The van der Waals surface area contributed by atoms with E-state index in [9.17, 15) is 0 Å². The summed E-state index contributed by atoms with van der Waals surface area (Å²) in [6, 6.07) is 2.64. The van der Waals surface area contributed by atoms with Gasteiger partial charge in [-0.3, -0.25) is 0 Å². The molecule has 1 aliphatic carbocycles. The lowest BCUT2D eigenvalue weighted by Gasteiger charge is -2.23. The molecule has 1 heterocycles. The fraction of sp³-hybridized carbons (Fsp3) is 0.545. The summed E-state index contributed by atoms with van der Waals surface area (Å²) in [5, 5.41) is 11.4. The Labute approximate surface area is 84.0 Å². The molecule has 0 bridgehead atoms. The molecule has 1 aliphatic rings. The molecule has 1 N–H and O–H groups in total. The standard InChI is InChI=1S/C11H16N2O/c14-12-8-10-6-7-13(9-10)11-4-2-1-3-5-11/h6-9,11,14H,1-5H2.